The quantitative estimate of drug-likeness (QED) is 0.580. The van der Waals surface area contributed by atoms with Gasteiger partial charge in [-0.1, -0.05) is 30.3 Å². The van der Waals surface area contributed by atoms with E-state index in [-0.39, 0.29) is 22.9 Å². The topological polar surface area (TPSA) is 123 Å². The number of carbonyl (C=O) groups is 3. The molecule has 8 heteroatoms. The fourth-order valence-electron chi connectivity index (χ4n) is 3.19. The van der Waals surface area contributed by atoms with E-state index in [1.54, 1.807) is 24.3 Å². The minimum Gasteiger partial charge on any atom is -0.384 e. The predicted molar refractivity (Wildman–Crippen MR) is 106 cm³/mol. The van der Waals surface area contributed by atoms with Crippen LogP contribution in [0.5, 0.6) is 0 Å². The average Bonchev–Trinajstić information content (AvgIpc) is 3.01. The Morgan fingerprint density at radius 1 is 0.966 bits per heavy atom. The van der Waals surface area contributed by atoms with Crippen LogP contribution in [0.25, 0.3) is 5.69 Å². The van der Waals surface area contributed by atoms with Crippen LogP contribution in [0.15, 0.2) is 65.5 Å². The number of nitrogens with zero attached hydrogens (tertiary/aromatic N) is 1. The van der Waals surface area contributed by atoms with Crippen LogP contribution in [0.3, 0.4) is 0 Å². The van der Waals surface area contributed by atoms with Crippen molar-refractivity contribution in [3.63, 3.8) is 0 Å². The van der Waals surface area contributed by atoms with Gasteiger partial charge in [-0.2, -0.15) is 0 Å². The third-order valence-corrected chi connectivity index (χ3v) is 4.64. The van der Waals surface area contributed by atoms with Gasteiger partial charge in [-0.25, -0.2) is 0 Å². The first-order chi connectivity index (χ1) is 14.0. The van der Waals surface area contributed by atoms with E-state index in [0.717, 1.165) is 16.2 Å². The predicted octanol–water partition coefficient (Wildman–Crippen LogP) is 1.23. The zero-order valence-electron chi connectivity index (χ0n) is 15.1. The summed E-state index contributed by atoms with van der Waals surface area (Å²) in [5, 5.41) is 4.94. The molecule has 0 fully saturated rings. The van der Waals surface area contributed by atoms with Gasteiger partial charge in [-0.05, 0) is 29.8 Å². The minimum atomic E-state index is -0.647. The lowest BCUT2D eigenvalue weighted by Crippen LogP contribution is -2.25. The lowest BCUT2D eigenvalue weighted by molar-refractivity contribution is 0.0878. The van der Waals surface area contributed by atoms with Crippen molar-refractivity contribution in [1.29, 1.82) is 0 Å². The number of nitrogens with one attached hydrogen (secondary N) is 2. The maximum absolute atomic E-state index is 12.4. The largest absolute Gasteiger partial charge is 0.384 e. The Morgan fingerprint density at radius 3 is 2.34 bits per heavy atom. The number of hydrogen-bond acceptors (Lipinski definition) is 5. The molecule has 29 heavy (non-hydrogen) atoms. The smallest absolute Gasteiger partial charge is 0.262 e. The van der Waals surface area contributed by atoms with Crippen molar-refractivity contribution in [2.24, 2.45) is 0 Å². The first kappa shape index (κ1) is 18.2. The number of anilines is 1. The highest BCUT2D eigenvalue weighted by atomic mass is 16.2. The summed E-state index contributed by atoms with van der Waals surface area (Å²) in [6.45, 7) is 0.391. The Kier molecular flexibility index (Phi) is 4.44. The summed E-state index contributed by atoms with van der Waals surface area (Å²) in [7, 11) is 0. The second-order valence-corrected chi connectivity index (χ2v) is 6.49. The summed E-state index contributed by atoms with van der Waals surface area (Å²) in [5.41, 5.74) is 7.15. The molecule has 2 aromatic carbocycles. The normalized spacial score (nSPS) is 12.4. The van der Waals surface area contributed by atoms with E-state index in [2.05, 4.69) is 10.6 Å². The molecular weight excluding hydrogens is 372 g/mol. The van der Waals surface area contributed by atoms with Crippen molar-refractivity contribution in [2.75, 3.05) is 5.73 Å². The summed E-state index contributed by atoms with van der Waals surface area (Å²) in [5.74, 6) is -1.68. The van der Waals surface area contributed by atoms with Crippen molar-refractivity contribution < 1.29 is 14.4 Å². The van der Waals surface area contributed by atoms with Crippen molar-refractivity contribution >= 4 is 23.5 Å². The van der Waals surface area contributed by atoms with Gasteiger partial charge in [-0.3, -0.25) is 29.1 Å². The molecule has 4 rings (SSSR count). The molecular formula is C21H16N4O4. The third-order valence-electron chi connectivity index (χ3n) is 4.64. The van der Waals surface area contributed by atoms with E-state index >= 15 is 0 Å². The van der Waals surface area contributed by atoms with Crippen LogP contribution in [-0.4, -0.2) is 22.3 Å². The highest BCUT2D eigenvalue weighted by Crippen LogP contribution is 2.22. The summed E-state index contributed by atoms with van der Waals surface area (Å²) in [6, 6.07) is 16.8. The molecule has 2 heterocycles. The highest BCUT2D eigenvalue weighted by molar-refractivity contribution is 6.23. The van der Waals surface area contributed by atoms with Crippen molar-refractivity contribution in [1.82, 2.24) is 15.2 Å². The molecule has 1 aliphatic rings. The molecule has 3 amide bonds. The monoisotopic (exact) mass is 388 g/mol. The van der Waals surface area contributed by atoms with Gasteiger partial charge in [0.2, 0.25) is 0 Å². The second-order valence-electron chi connectivity index (χ2n) is 6.49. The Hall–Kier alpha value is -4.20. The molecule has 1 aliphatic heterocycles. The number of carbonyl (C=O) groups excluding carboxylic acids is 3. The Morgan fingerprint density at radius 2 is 1.66 bits per heavy atom. The van der Waals surface area contributed by atoms with Crippen LogP contribution in [0.2, 0.25) is 0 Å². The van der Waals surface area contributed by atoms with Gasteiger partial charge in [0.1, 0.15) is 5.82 Å². The number of fused-ring (bicyclic) bond motifs is 1. The second kappa shape index (κ2) is 7.08. The molecule has 0 aliphatic carbocycles. The van der Waals surface area contributed by atoms with Gasteiger partial charge in [0.15, 0.2) is 0 Å². The first-order valence-corrected chi connectivity index (χ1v) is 8.79. The maximum atomic E-state index is 12.4. The minimum absolute atomic E-state index is 0.0284. The lowest BCUT2D eigenvalue weighted by atomic mass is 10.1. The Balaban J connectivity index is 1.60. The zero-order valence-corrected chi connectivity index (χ0v) is 15.1. The maximum Gasteiger partial charge on any atom is 0.262 e. The molecule has 0 saturated heterocycles. The number of benzene rings is 2. The van der Waals surface area contributed by atoms with Gasteiger partial charge in [-0.15, -0.1) is 0 Å². The van der Waals surface area contributed by atoms with E-state index in [4.69, 9.17) is 5.73 Å². The number of rotatable bonds is 4. The number of nitrogen functional groups attached to an aromatic ring is 1. The van der Waals surface area contributed by atoms with Crippen molar-refractivity contribution in [3.05, 3.63) is 93.3 Å². The van der Waals surface area contributed by atoms with Crippen molar-refractivity contribution in [2.45, 2.75) is 6.54 Å². The van der Waals surface area contributed by atoms with Crippen LogP contribution in [-0.2, 0) is 6.54 Å². The molecule has 0 unspecified atom stereocenters. The van der Waals surface area contributed by atoms with Gasteiger partial charge < -0.3 is 11.1 Å². The van der Waals surface area contributed by atoms with E-state index in [9.17, 15) is 19.2 Å². The molecule has 0 bridgehead atoms. The van der Waals surface area contributed by atoms with Crippen LogP contribution < -0.4 is 21.9 Å². The number of imide groups is 1. The zero-order chi connectivity index (χ0) is 20.5. The average molecular weight is 388 g/mol. The molecule has 1 aromatic heterocycles. The number of nitrogens with two attached hydrogens (primary N) is 1. The van der Waals surface area contributed by atoms with E-state index < -0.39 is 17.4 Å². The molecule has 0 radical (unpaired) electrons. The third kappa shape index (κ3) is 3.27. The molecule has 144 valence electrons. The molecule has 0 saturated carbocycles. The van der Waals surface area contributed by atoms with Crippen molar-refractivity contribution in [3.8, 4) is 5.69 Å². The van der Waals surface area contributed by atoms with Gasteiger partial charge in [0.05, 0.1) is 16.8 Å². The van der Waals surface area contributed by atoms with E-state index in [0.29, 0.717) is 17.8 Å². The van der Waals surface area contributed by atoms with Crippen LogP contribution >= 0.6 is 0 Å². The Bertz CT molecular complexity index is 1200. The van der Waals surface area contributed by atoms with Gasteiger partial charge >= 0.3 is 0 Å². The van der Waals surface area contributed by atoms with Gasteiger partial charge in [0, 0.05) is 18.2 Å². The Labute approximate surface area is 165 Å². The first-order valence-electron chi connectivity index (χ1n) is 8.79. The molecule has 0 atom stereocenters. The standard InChI is InChI=1S/C21H16N4O4/c22-18-17-15(20(28)24-21(17)29)10-16(26)25(18)14-8-6-13(7-9-14)19(27)23-11-12-4-2-1-3-5-12/h1-10H,11,22H2,(H,23,27)(H,24,28,29). The van der Waals surface area contributed by atoms with Gasteiger partial charge in [0.25, 0.3) is 23.3 Å². The molecule has 3 aromatic rings. The number of pyridine rings is 1. The molecule has 4 N–H and O–H groups in total. The fourth-order valence-corrected chi connectivity index (χ4v) is 3.19. The summed E-state index contributed by atoms with van der Waals surface area (Å²) >= 11 is 0. The van der Waals surface area contributed by atoms with Crippen LogP contribution in [0.4, 0.5) is 5.82 Å². The van der Waals surface area contributed by atoms with Crippen LogP contribution in [0, 0.1) is 0 Å². The fraction of sp³-hybridized carbons (Fsp3) is 0.0476. The SMILES string of the molecule is Nc1c2c(cc(=O)n1-c1ccc(C(=O)NCc3ccccc3)cc1)C(=O)NC2=O. The summed E-state index contributed by atoms with van der Waals surface area (Å²) in [4.78, 5) is 48.5. The highest BCUT2D eigenvalue weighted by Gasteiger charge is 2.31. The summed E-state index contributed by atoms with van der Waals surface area (Å²) < 4.78 is 1.13. The van der Waals surface area contributed by atoms with E-state index in [1.807, 2.05) is 30.3 Å². The molecule has 0 spiro atoms. The lowest BCUT2D eigenvalue weighted by Gasteiger charge is -2.12. The van der Waals surface area contributed by atoms with Crippen LogP contribution in [0.1, 0.15) is 36.6 Å². The summed E-state index contributed by atoms with van der Waals surface area (Å²) in [6.07, 6.45) is 0. The number of hydrogen-bond donors (Lipinski definition) is 3. The number of amides is 3. The number of aromatic nitrogens is 1. The molecule has 8 nitrogen and oxygen atoms in total. The van der Waals surface area contributed by atoms with E-state index in [1.165, 1.54) is 0 Å².